The summed E-state index contributed by atoms with van der Waals surface area (Å²) in [5.41, 5.74) is 6.75. The molecule has 1 aromatic carbocycles. The van der Waals surface area contributed by atoms with E-state index < -0.39 is 0 Å². The van der Waals surface area contributed by atoms with Gasteiger partial charge in [0.05, 0.1) is 26.5 Å². The molecule has 0 atom stereocenters. The number of fused-ring (bicyclic) bond motifs is 2. The number of H-pyrrole nitrogens is 1. The highest BCUT2D eigenvalue weighted by atomic mass is 32.1. The van der Waals surface area contributed by atoms with Gasteiger partial charge in [0.25, 0.3) is 0 Å². The molecule has 4 aromatic rings. The lowest BCUT2D eigenvalue weighted by Gasteiger charge is -2.32. The summed E-state index contributed by atoms with van der Waals surface area (Å²) in [5, 5.41) is 4.40. The molecule has 2 aliphatic rings. The van der Waals surface area contributed by atoms with Crippen molar-refractivity contribution in [1.29, 1.82) is 0 Å². The molecule has 0 saturated heterocycles. The maximum atomic E-state index is 13.3. The molecule has 0 spiro atoms. The number of carbonyl (C=O) groups is 1. The van der Waals surface area contributed by atoms with E-state index >= 15 is 0 Å². The minimum atomic E-state index is -0.156. The van der Waals surface area contributed by atoms with Crippen molar-refractivity contribution in [3.8, 4) is 0 Å². The number of thiazole rings is 1. The lowest BCUT2D eigenvalue weighted by atomic mass is 10.00. The Kier molecular flexibility index (Phi) is 5.97. The van der Waals surface area contributed by atoms with Crippen molar-refractivity contribution in [2.45, 2.75) is 33.1 Å². The molecule has 3 aromatic heterocycles. The van der Waals surface area contributed by atoms with Crippen LogP contribution in [0.4, 0.5) is 11.5 Å². The molecular weight excluding hydrogens is 470 g/mol. The van der Waals surface area contributed by atoms with Gasteiger partial charge < -0.3 is 20.1 Å². The standard InChI is InChI=1S/C27H31N7OS/c1-3-33(4-2)15-27(9-10-27)26(35)34-11-7-18(8-12-34)22-14-20-24(28-16-29-25(20)32-22)31-19-5-6-21-23(13-19)36-17-30-21/h5-7,13-14,16-17H,3-4,8-12,15H2,1-2H3,(H2,28,29,31,32). The van der Waals surface area contributed by atoms with Crippen LogP contribution >= 0.6 is 11.3 Å². The highest BCUT2D eigenvalue weighted by Crippen LogP contribution is 2.48. The summed E-state index contributed by atoms with van der Waals surface area (Å²) in [6.45, 7) is 8.64. The first-order chi connectivity index (χ1) is 17.6. The summed E-state index contributed by atoms with van der Waals surface area (Å²) in [5.74, 6) is 1.10. The fourth-order valence-electron chi connectivity index (χ4n) is 5.18. The zero-order valence-corrected chi connectivity index (χ0v) is 21.6. The second-order valence-electron chi connectivity index (χ2n) is 9.80. The summed E-state index contributed by atoms with van der Waals surface area (Å²) in [7, 11) is 0. The maximum absolute atomic E-state index is 13.3. The van der Waals surface area contributed by atoms with Gasteiger partial charge in [0.1, 0.15) is 17.8 Å². The highest BCUT2D eigenvalue weighted by molar-refractivity contribution is 7.16. The first-order valence-electron chi connectivity index (χ1n) is 12.7. The first kappa shape index (κ1) is 23.1. The number of aromatic amines is 1. The van der Waals surface area contributed by atoms with Crippen LogP contribution in [0.15, 0.2) is 42.2 Å². The quantitative estimate of drug-likeness (QED) is 0.351. The Labute approximate surface area is 214 Å². The van der Waals surface area contributed by atoms with E-state index in [4.69, 9.17) is 0 Å². The normalized spacial score (nSPS) is 17.1. The summed E-state index contributed by atoms with van der Waals surface area (Å²) in [6.07, 6.45) is 6.64. The molecule has 0 bridgehead atoms. The van der Waals surface area contributed by atoms with Crippen molar-refractivity contribution < 1.29 is 4.79 Å². The molecule has 8 nitrogen and oxygen atoms in total. The lowest BCUT2D eigenvalue weighted by molar-refractivity contribution is -0.137. The largest absolute Gasteiger partial charge is 0.340 e. The van der Waals surface area contributed by atoms with E-state index in [1.165, 1.54) is 5.57 Å². The van der Waals surface area contributed by atoms with Gasteiger partial charge in [-0.1, -0.05) is 19.9 Å². The molecule has 1 saturated carbocycles. The third kappa shape index (κ3) is 4.26. The second kappa shape index (κ2) is 9.29. The van der Waals surface area contributed by atoms with Gasteiger partial charge in [0.2, 0.25) is 5.91 Å². The zero-order chi connectivity index (χ0) is 24.7. The summed E-state index contributed by atoms with van der Waals surface area (Å²) < 4.78 is 1.14. The number of anilines is 2. The van der Waals surface area contributed by atoms with Crippen LogP contribution in [0.25, 0.3) is 26.8 Å². The third-order valence-corrected chi connectivity index (χ3v) is 8.38. The van der Waals surface area contributed by atoms with Gasteiger partial charge in [-0.25, -0.2) is 15.0 Å². The van der Waals surface area contributed by atoms with Gasteiger partial charge >= 0.3 is 0 Å². The molecule has 1 fully saturated rings. The van der Waals surface area contributed by atoms with Gasteiger partial charge in [-0.2, -0.15) is 0 Å². The topological polar surface area (TPSA) is 90.0 Å². The Hall–Kier alpha value is -3.30. The van der Waals surface area contributed by atoms with Crippen LogP contribution < -0.4 is 5.32 Å². The van der Waals surface area contributed by atoms with Crippen LogP contribution in [0.3, 0.4) is 0 Å². The van der Waals surface area contributed by atoms with E-state index in [0.29, 0.717) is 12.5 Å². The van der Waals surface area contributed by atoms with Gasteiger partial charge in [-0.05, 0) is 62.2 Å². The number of nitrogens with one attached hydrogen (secondary N) is 2. The Morgan fingerprint density at radius 1 is 1.19 bits per heavy atom. The van der Waals surface area contributed by atoms with Crippen LogP contribution in [0.2, 0.25) is 0 Å². The molecule has 1 aliphatic heterocycles. The van der Waals surface area contributed by atoms with E-state index in [2.05, 4.69) is 62.2 Å². The van der Waals surface area contributed by atoms with Crippen LogP contribution in [0.5, 0.6) is 0 Å². The van der Waals surface area contributed by atoms with Crippen molar-refractivity contribution >= 4 is 55.6 Å². The van der Waals surface area contributed by atoms with Crippen molar-refractivity contribution in [3.05, 3.63) is 47.9 Å². The number of amides is 1. The van der Waals surface area contributed by atoms with Gasteiger partial charge in [-0.3, -0.25) is 4.79 Å². The zero-order valence-electron chi connectivity index (χ0n) is 20.8. The van der Waals surface area contributed by atoms with E-state index in [0.717, 1.165) is 83.9 Å². The molecule has 186 valence electrons. The average molecular weight is 502 g/mol. The van der Waals surface area contributed by atoms with E-state index in [1.807, 2.05) is 22.5 Å². The minimum absolute atomic E-state index is 0.156. The molecule has 1 amide bonds. The van der Waals surface area contributed by atoms with Crippen molar-refractivity contribution in [2.75, 3.05) is 38.0 Å². The summed E-state index contributed by atoms with van der Waals surface area (Å²) in [6, 6.07) is 8.25. The first-order valence-corrected chi connectivity index (χ1v) is 13.6. The molecule has 0 radical (unpaired) electrons. The monoisotopic (exact) mass is 501 g/mol. The fraction of sp³-hybridized carbons (Fsp3) is 0.407. The lowest BCUT2D eigenvalue weighted by Crippen LogP contribution is -2.44. The second-order valence-corrected chi connectivity index (χ2v) is 10.7. The maximum Gasteiger partial charge on any atom is 0.230 e. The molecule has 6 rings (SSSR count). The van der Waals surface area contributed by atoms with E-state index in [9.17, 15) is 4.79 Å². The molecule has 0 unspecified atom stereocenters. The molecule has 1 aliphatic carbocycles. The Morgan fingerprint density at radius 2 is 2.06 bits per heavy atom. The number of carbonyl (C=O) groups excluding carboxylic acids is 1. The van der Waals surface area contributed by atoms with Gasteiger partial charge in [0.15, 0.2) is 0 Å². The summed E-state index contributed by atoms with van der Waals surface area (Å²) in [4.78, 5) is 34.6. The predicted octanol–water partition coefficient (Wildman–Crippen LogP) is 5.05. The number of benzene rings is 1. The molecule has 36 heavy (non-hydrogen) atoms. The minimum Gasteiger partial charge on any atom is -0.340 e. The van der Waals surface area contributed by atoms with Crippen LogP contribution in [-0.4, -0.2) is 68.4 Å². The van der Waals surface area contributed by atoms with E-state index in [-0.39, 0.29) is 5.41 Å². The van der Waals surface area contributed by atoms with Crippen LogP contribution in [0, 0.1) is 5.41 Å². The number of hydrogen-bond acceptors (Lipinski definition) is 7. The Bertz CT molecular complexity index is 1450. The predicted molar refractivity (Wildman–Crippen MR) is 145 cm³/mol. The fourth-order valence-corrected chi connectivity index (χ4v) is 5.90. The van der Waals surface area contributed by atoms with Crippen LogP contribution in [-0.2, 0) is 4.79 Å². The SMILES string of the molecule is CCN(CC)CC1(C(=O)N2CC=C(c3cc4c(Nc5ccc6ncsc6c5)ncnc4[nH]3)CC2)CC1. The van der Waals surface area contributed by atoms with Gasteiger partial charge in [-0.15, -0.1) is 11.3 Å². The Balaban J connectivity index is 1.18. The van der Waals surface area contributed by atoms with Crippen LogP contribution in [0.1, 0.15) is 38.8 Å². The summed E-state index contributed by atoms with van der Waals surface area (Å²) >= 11 is 1.62. The van der Waals surface area contributed by atoms with Crippen molar-refractivity contribution in [2.24, 2.45) is 5.41 Å². The molecular formula is C27H31N7OS. The van der Waals surface area contributed by atoms with E-state index in [1.54, 1.807) is 17.7 Å². The van der Waals surface area contributed by atoms with Crippen molar-refractivity contribution in [3.63, 3.8) is 0 Å². The third-order valence-electron chi connectivity index (χ3n) is 7.59. The number of hydrogen-bond donors (Lipinski definition) is 2. The highest BCUT2D eigenvalue weighted by Gasteiger charge is 2.52. The molecule has 4 heterocycles. The number of aromatic nitrogens is 4. The van der Waals surface area contributed by atoms with Crippen molar-refractivity contribution in [1.82, 2.24) is 29.7 Å². The number of nitrogens with zero attached hydrogens (tertiary/aromatic N) is 5. The number of rotatable bonds is 8. The van der Waals surface area contributed by atoms with Gasteiger partial charge in [0, 0.05) is 31.0 Å². The Morgan fingerprint density at radius 3 is 2.81 bits per heavy atom. The molecule has 9 heteroatoms. The molecule has 2 N–H and O–H groups in total. The average Bonchev–Trinajstić information content (AvgIpc) is 3.32. The smallest absolute Gasteiger partial charge is 0.230 e.